The van der Waals surface area contributed by atoms with Gasteiger partial charge in [0.1, 0.15) is 11.3 Å². The second-order valence-electron chi connectivity index (χ2n) is 8.34. The first-order chi connectivity index (χ1) is 16.7. The number of anilines is 1. The molecule has 8 nitrogen and oxygen atoms in total. The number of carbonyl (C=O) groups excluding carboxylic acids is 1. The van der Waals surface area contributed by atoms with Crippen LogP contribution in [0.25, 0.3) is 11.2 Å². The van der Waals surface area contributed by atoms with E-state index in [-0.39, 0.29) is 22.5 Å². The first-order valence-corrected chi connectivity index (χ1v) is 10.9. The summed E-state index contributed by atoms with van der Waals surface area (Å²) in [5.74, 6) is -0.205. The number of fused-ring (bicyclic) bond motifs is 1. The molecular formula is C24H20F3N5O3. The predicted molar refractivity (Wildman–Crippen MR) is 121 cm³/mol. The number of amides is 1. The lowest BCUT2D eigenvalue weighted by atomic mass is 10.2. The molecule has 0 saturated heterocycles. The summed E-state index contributed by atoms with van der Waals surface area (Å²) in [6, 6.07) is 9.50. The van der Waals surface area contributed by atoms with Gasteiger partial charge in [0.25, 0.3) is 11.5 Å². The van der Waals surface area contributed by atoms with Gasteiger partial charge in [-0.25, -0.2) is 4.52 Å². The van der Waals surface area contributed by atoms with Gasteiger partial charge in [0, 0.05) is 17.8 Å². The fourth-order valence-electron chi connectivity index (χ4n) is 3.82. The summed E-state index contributed by atoms with van der Waals surface area (Å²) in [6.07, 6.45) is 1.95. The molecule has 1 fully saturated rings. The van der Waals surface area contributed by atoms with Crippen LogP contribution in [0.4, 0.5) is 18.9 Å². The van der Waals surface area contributed by atoms with Gasteiger partial charge in [-0.1, -0.05) is 12.1 Å². The van der Waals surface area contributed by atoms with Crippen molar-refractivity contribution in [2.45, 2.75) is 31.9 Å². The van der Waals surface area contributed by atoms with Crippen LogP contribution in [0, 0.1) is 6.92 Å². The molecule has 35 heavy (non-hydrogen) atoms. The van der Waals surface area contributed by atoms with Crippen molar-refractivity contribution < 1.29 is 22.7 Å². The van der Waals surface area contributed by atoms with Crippen LogP contribution in [0.5, 0.6) is 5.75 Å². The number of para-hydroxylation sites is 2. The predicted octanol–water partition coefficient (Wildman–Crippen LogP) is 4.26. The summed E-state index contributed by atoms with van der Waals surface area (Å²) in [4.78, 5) is 30.8. The van der Waals surface area contributed by atoms with Crippen LogP contribution in [0.1, 0.15) is 40.5 Å². The lowest BCUT2D eigenvalue weighted by molar-refractivity contribution is -0.153. The van der Waals surface area contributed by atoms with Gasteiger partial charge in [-0.15, -0.1) is 0 Å². The minimum atomic E-state index is -4.54. The SMILES string of the molecule is Cc1cn(-c2ccccc2OCC(F)(F)F)c(=O)c2c(C(=O)Nc3ccc(C4CC4)nc3)cnn12. The van der Waals surface area contributed by atoms with E-state index >= 15 is 0 Å². The van der Waals surface area contributed by atoms with Gasteiger partial charge in [0.2, 0.25) is 0 Å². The molecular weight excluding hydrogens is 463 g/mol. The topological polar surface area (TPSA) is 90.5 Å². The zero-order valence-corrected chi connectivity index (χ0v) is 18.5. The highest BCUT2D eigenvalue weighted by Crippen LogP contribution is 2.39. The largest absolute Gasteiger partial charge is 0.482 e. The van der Waals surface area contributed by atoms with E-state index in [2.05, 4.69) is 15.4 Å². The Hall–Kier alpha value is -4.15. The number of pyridine rings is 1. The Morgan fingerprint density at radius 3 is 2.63 bits per heavy atom. The zero-order valence-electron chi connectivity index (χ0n) is 18.5. The number of hydrogen-bond acceptors (Lipinski definition) is 5. The minimum Gasteiger partial charge on any atom is -0.482 e. The standard InChI is InChI=1S/C24H20F3N5O3/c1-14-12-31(19-4-2-3-5-20(19)35-13-24(25,26)27)23(34)21-17(11-29-32(14)21)22(33)30-16-8-9-18(28-10-16)15-6-7-15/h2-5,8-12,15H,6-7,13H2,1H3,(H,30,33). The third kappa shape index (κ3) is 4.61. The fraction of sp³-hybridized carbons (Fsp3) is 0.250. The maximum Gasteiger partial charge on any atom is 0.422 e. The average molecular weight is 483 g/mol. The fourth-order valence-corrected chi connectivity index (χ4v) is 3.82. The third-order valence-corrected chi connectivity index (χ3v) is 5.64. The van der Waals surface area contributed by atoms with Crippen LogP contribution in [-0.4, -0.2) is 37.9 Å². The number of aryl methyl sites for hydroxylation is 1. The van der Waals surface area contributed by atoms with E-state index in [1.165, 1.54) is 35.1 Å². The molecule has 5 rings (SSSR count). The Labute approximate surface area is 197 Å². The summed E-state index contributed by atoms with van der Waals surface area (Å²) >= 11 is 0. The molecule has 0 bridgehead atoms. The van der Waals surface area contributed by atoms with Crippen molar-refractivity contribution in [3.63, 3.8) is 0 Å². The average Bonchev–Trinajstić information content (AvgIpc) is 3.57. The summed E-state index contributed by atoms with van der Waals surface area (Å²) in [5.41, 5.74) is 1.41. The minimum absolute atomic E-state index is 0.0179. The number of nitrogens with zero attached hydrogens (tertiary/aromatic N) is 4. The van der Waals surface area contributed by atoms with Crippen LogP contribution in [0.15, 0.2) is 59.8 Å². The normalized spacial score (nSPS) is 13.7. The number of nitrogens with one attached hydrogen (secondary N) is 1. The van der Waals surface area contributed by atoms with Gasteiger partial charge in [-0.3, -0.25) is 19.1 Å². The number of hydrogen-bond donors (Lipinski definition) is 1. The molecule has 3 heterocycles. The highest BCUT2D eigenvalue weighted by molar-refractivity contribution is 6.08. The quantitative estimate of drug-likeness (QED) is 0.443. The molecule has 0 unspecified atom stereocenters. The summed E-state index contributed by atoms with van der Waals surface area (Å²) in [7, 11) is 0. The molecule has 0 spiro atoms. The van der Waals surface area contributed by atoms with Gasteiger partial charge in [-0.05, 0) is 44.0 Å². The zero-order chi connectivity index (χ0) is 24.7. The molecule has 1 saturated carbocycles. The van der Waals surface area contributed by atoms with Gasteiger partial charge >= 0.3 is 6.18 Å². The molecule has 1 aliphatic carbocycles. The highest BCUT2D eigenvalue weighted by Gasteiger charge is 2.29. The van der Waals surface area contributed by atoms with Gasteiger partial charge in [-0.2, -0.15) is 18.3 Å². The van der Waals surface area contributed by atoms with Crippen LogP contribution in [0.2, 0.25) is 0 Å². The van der Waals surface area contributed by atoms with E-state index in [1.807, 2.05) is 6.07 Å². The molecule has 1 N–H and O–H groups in total. The maximum absolute atomic E-state index is 13.4. The highest BCUT2D eigenvalue weighted by atomic mass is 19.4. The van der Waals surface area contributed by atoms with Crippen molar-refractivity contribution >= 4 is 17.1 Å². The second-order valence-corrected chi connectivity index (χ2v) is 8.34. The van der Waals surface area contributed by atoms with Crippen molar-refractivity contribution in [2.75, 3.05) is 11.9 Å². The number of rotatable bonds is 6. The van der Waals surface area contributed by atoms with Crippen molar-refractivity contribution in [2.24, 2.45) is 0 Å². The van der Waals surface area contributed by atoms with E-state index in [0.717, 1.165) is 23.1 Å². The van der Waals surface area contributed by atoms with Crippen molar-refractivity contribution in [3.8, 4) is 11.4 Å². The van der Waals surface area contributed by atoms with Gasteiger partial charge in [0.05, 0.1) is 35.0 Å². The van der Waals surface area contributed by atoms with Crippen LogP contribution in [-0.2, 0) is 0 Å². The molecule has 4 aromatic rings. The molecule has 1 aliphatic rings. The Kier molecular flexibility index (Phi) is 5.54. The van der Waals surface area contributed by atoms with Crippen molar-refractivity contribution in [1.82, 2.24) is 19.2 Å². The van der Waals surface area contributed by atoms with E-state index in [4.69, 9.17) is 4.74 Å². The number of carbonyl (C=O) groups is 1. The molecule has 180 valence electrons. The van der Waals surface area contributed by atoms with Crippen LogP contribution in [0.3, 0.4) is 0 Å². The van der Waals surface area contributed by atoms with Gasteiger partial charge in [0.15, 0.2) is 6.61 Å². The molecule has 0 radical (unpaired) electrons. The van der Waals surface area contributed by atoms with Crippen molar-refractivity contribution in [1.29, 1.82) is 0 Å². The van der Waals surface area contributed by atoms with Gasteiger partial charge < -0.3 is 10.1 Å². The summed E-state index contributed by atoms with van der Waals surface area (Å²) in [5, 5.41) is 6.88. The number of halogens is 3. The molecule has 0 aliphatic heterocycles. The smallest absolute Gasteiger partial charge is 0.422 e. The maximum atomic E-state index is 13.4. The molecule has 0 atom stereocenters. The molecule has 1 aromatic carbocycles. The number of benzene rings is 1. The molecule has 11 heteroatoms. The summed E-state index contributed by atoms with van der Waals surface area (Å²) < 4.78 is 45.6. The first kappa shape index (κ1) is 22.6. The third-order valence-electron chi connectivity index (χ3n) is 5.64. The lowest BCUT2D eigenvalue weighted by Gasteiger charge is -2.15. The summed E-state index contributed by atoms with van der Waals surface area (Å²) in [6.45, 7) is 0.158. The van der Waals surface area contributed by atoms with E-state index in [9.17, 15) is 22.8 Å². The Bertz CT molecular complexity index is 1470. The second kappa shape index (κ2) is 8.57. The Balaban J connectivity index is 1.51. The van der Waals surface area contributed by atoms with Crippen LogP contribution >= 0.6 is 0 Å². The number of alkyl halides is 3. The van der Waals surface area contributed by atoms with Crippen molar-refractivity contribution in [3.05, 3.63) is 82.3 Å². The number of aromatic nitrogens is 4. The Morgan fingerprint density at radius 1 is 1.17 bits per heavy atom. The monoisotopic (exact) mass is 483 g/mol. The van der Waals surface area contributed by atoms with Crippen LogP contribution < -0.4 is 15.6 Å². The van der Waals surface area contributed by atoms with E-state index in [1.54, 1.807) is 25.3 Å². The molecule has 1 amide bonds. The Morgan fingerprint density at radius 2 is 1.94 bits per heavy atom. The van der Waals surface area contributed by atoms with E-state index < -0.39 is 24.2 Å². The first-order valence-electron chi connectivity index (χ1n) is 10.9. The lowest BCUT2D eigenvalue weighted by Crippen LogP contribution is -2.25. The number of ether oxygens (including phenoxy) is 1. The molecule has 3 aromatic heterocycles. The van der Waals surface area contributed by atoms with E-state index in [0.29, 0.717) is 17.3 Å².